The van der Waals surface area contributed by atoms with Crippen molar-refractivity contribution in [1.29, 1.82) is 0 Å². The van der Waals surface area contributed by atoms with Gasteiger partial charge in [-0.1, -0.05) is 48.9 Å². The minimum Gasteiger partial charge on any atom is -0.395 e. The Morgan fingerprint density at radius 3 is 2.52 bits per heavy atom. The van der Waals surface area contributed by atoms with E-state index in [-0.39, 0.29) is 18.4 Å². The number of amides is 2. The molecular weight excluding hydrogens is 314 g/mol. The SMILES string of the molecule is Cc1ccc2c(c1)[C@@H]1C(=O)N(c3ccccc3)C(=O)[C@@H]1C[C@@]2(C)CO. The summed E-state index contributed by atoms with van der Waals surface area (Å²) in [7, 11) is 0. The Balaban J connectivity index is 1.87. The number of nitrogens with zero attached hydrogens (tertiary/aromatic N) is 1. The highest BCUT2D eigenvalue weighted by molar-refractivity contribution is 6.24. The summed E-state index contributed by atoms with van der Waals surface area (Å²) in [6, 6.07) is 15.1. The number of benzene rings is 2. The van der Waals surface area contributed by atoms with Crippen molar-refractivity contribution in [3.63, 3.8) is 0 Å². The van der Waals surface area contributed by atoms with Gasteiger partial charge in [-0.2, -0.15) is 0 Å². The molecule has 1 aliphatic carbocycles. The molecule has 0 saturated carbocycles. The number of hydrogen-bond donors (Lipinski definition) is 1. The Hall–Kier alpha value is -2.46. The summed E-state index contributed by atoms with van der Waals surface area (Å²) in [5.74, 6) is -1.19. The maximum absolute atomic E-state index is 13.2. The summed E-state index contributed by atoms with van der Waals surface area (Å²) in [5.41, 5.74) is 3.04. The van der Waals surface area contributed by atoms with Gasteiger partial charge in [0.25, 0.3) is 0 Å². The van der Waals surface area contributed by atoms with Gasteiger partial charge in [0.05, 0.1) is 24.1 Å². The van der Waals surface area contributed by atoms with Crippen LogP contribution in [0.2, 0.25) is 0 Å². The van der Waals surface area contributed by atoms with E-state index in [1.165, 1.54) is 4.90 Å². The van der Waals surface area contributed by atoms with Gasteiger partial charge < -0.3 is 5.11 Å². The molecule has 1 fully saturated rings. The average Bonchev–Trinajstić information content (AvgIpc) is 2.86. The van der Waals surface area contributed by atoms with Crippen LogP contribution in [0.1, 0.15) is 36.0 Å². The molecule has 3 atom stereocenters. The first-order valence-corrected chi connectivity index (χ1v) is 8.61. The van der Waals surface area contributed by atoms with E-state index in [1.807, 2.05) is 50.2 Å². The maximum atomic E-state index is 13.2. The number of rotatable bonds is 2. The highest BCUT2D eigenvalue weighted by Gasteiger charge is 2.55. The second-order valence-electron chi connectivity index (χ2n) is 7.45. The van der Waals surface area contributed by atoms with E-state index in [2.05, 4.69) is 0 Å². The van der Waals surface area contributed by atoms with Gasteiger partial charge in [-0.3, -0.25) is 9.59 Å². The number of hydrogen-bond acceptors (Lipinski definition) is 3. The lowest BCUT2D eigenvalue weighted by Crippen LogP contribution is -2.39. The maximum Gasteiger partial charge on any atom is 0.242 e. The molecule has 1 heterocycles. The number of anilines is 1. The molecule has 2 aromatic rings. The summed E-state index contributed by atoms with van der Waals surface area (Å²) >= 11 is 0. The lowest BCUT2D eigenvalue weighted by atomic mass is 9.63. The minimum atomic E-state index is -0.507. The van der Waals surface area contributed by atoms with Gasteiger partial charge in [-0.05, 0) is 36.6 Å². The third-order valence-corrected chi connectivity index (χ3v) is 5.65. The van der Waals surface area contributed by atoms with E-state index in [9.17, 15) is 14.7 Å². The smallest absolute Gasteiger partial charge is 0.242 e. The molecule has 2 aromatic carbocycles. The number of imide groups is 1. The monoisotopic (exact) mass is 335 g/mol. The van der Waals surface area contributed by atoms with Crippen LogP contribution in [-0.4, -0.2) is 23.5 Å². The molecule has 4 rings (SSSR count). The molecule has 0 bridgehead atoms. The normalized spacial score (nSPS) is 28.0. The van der Waals surface area contributed by atoms with Crippen molar-refractivity contribution in [2.75, 3.05) is 11.5 Å². The van der Waals surface area contributed by atoms with Crippen LogP contribution in [0.3, 0.4) is 0 Å². The predicted octanol–water partition coefficient (Wildman–Crippen LogP) is 2.92. The first-order chi connectivity index (χ1) is 12.0. The number of aliphatic hydroxyl groups excluding tert-OH is 1. The van der Waals surface area contributed by atoms with Crippen LogP contribution >= 0.6 is 0 Å². The molecule has 0 radical (unpaired) electrons. The molecule has 128 valence electrons. The number of carbonyl (C=O) groups excluding carboxylic acids is 2. The summed E-state index contributed by atoms with van der Waals surface area (Å²) < 4.78 is 0. The fourth-order valence-corrected chi connectivity index (χ4v) is 4.35. The molecule has 1 N–H and O–H groups in total. The van der Waals surface area contributed by atoms with Crippen molar-refractivity contribution in [1.82, 2.24) is 0 Å². The topological polar surface area (TPSA) is 57.6 Å². The fourth-order valence-electron chi connectivity index (χ4n) is 4.35. The van der Waals surface area contributed by atoms with Crippen LogP contribution < -0.4 is 4.90 Å². The van der Waals surface area contributed by atoms with Gasteiger partial charge in [-0.25, -0.2) is 4.90 Å². The fraction of sp³-hybridized carbons (Fsp3) is 0.333. The van der Waals surface area contributed by atoms with Crippen molar-refractivity contribution in [2.24, 2.45) is 5.92 Å². The molecular formula is C21H21NO3. The van der Waals surface area contributed by atoms with Gasteiger partial charge in [0, 0.05) is 5.41 Å². The highest BCUT2D eigenvalue weighted by Crippen LogP contribution is 2.51. The van der Waals surface area contributed by atoms with Gasteiger partial charge in [0.15, 0.2) is 0 Å². The summed E-state index contributed by atoms with van der Waals surface area (Å²) in [5, 5.41) is 10.0. The number of aryl methyl sites for hydroxylation is 1. The van der Waals surface area contributed by atoms with Gasteiger partial charge >= 0.3 is 0 Å². The molecule has 0 spiro atoms. The molecule has 2 amide bonds. The van der Waals surface area contributed by atoms with Crippen LogP contribution in [0.4, 0.5) is 5.69 Å². The summed E-state index contributed by atoms with van der Waals surface area (Å²) in [6.07, 6.45) is 0.484. The standard InChI is InChI=1S/C21H21NO3/c1-13-8-9-17-15(10-13)18-16(11-21(17,2)12-23)19(24)22(20(18)25)14-6-4-3-5-7-14/h3-10,16,18,23H,11-12H2,1-2H3/t16-,18+,21+/m1/s1. The van der Waals surface area contributed by atoms with E-state index in [0.29, 0.717) is 12.1 Å². The third-order valence-electron chi connectivity index (χ3n) is 5.65. The van der Waals surface area contributed by atoms with Crippen molar-refractivity contribution < 1.29 is 14.7 Å². The second kappa shape index (κ2) is 5.53. The van der Waals surface area contributed by atoms with E-state index in [0.717, 1.165) is 16.7 Å². The zero-order valence-electron chi connectivity index (χ0n) is 14.4. The molecule has 2 aliphatic rings. The molecule has 0 aromatic heterocycles. The van der Waals surface area contributed by atoms with Crippen molar-refractivity contribution >= 4 is 17.5 Å². The Labute approximate surface area is 147 Å². The molecule has 4 heteroatoms. The largest absolute Gasteiger partial charge is 0.395 e. The first kappa shape index (κ1) is 16.0. The van der Waals surface area contributed by atoms with Crippen LogP contribution in [-0.2, 0) is 15.0 Å². The third kappa shape index (κ3) is 2.24. The van der Waals surface area contributed by atoms with E-state index < -0.39 is 17.3 Å². The lowest BCUT2D eigenvalue weighted by molar-refractivity contribution is -0.122. The van der Waals surface area contributed by atoms with E-state index in [4.69, 9.17) is 0 Å². The minimum absolute atomic E-state index is 0.0426. The van der Waals surface area contributed by atoms with E-state index >= 15 is 0 Å². The quantitative estimate of drug-likeness (QED) is 0.859. The zero-order valence-corrected chi connectivity index (χ0v) is 14.4. The van der Waals surface area contributed by atoms with Gasteiger partial charge in [0.1, 0.15) is 0 Å². The molecule has 0 unspecified atom stereocenters. The predicted molar refractivity (Wildman–Crippen MR) is 95.4 cm³/mol. The van der Waals surface area contributed by atoms with Crippen LogP contribution in [0.25, 0.3) is 0 Å². The van der Waals surface area contributed by atoms with Crippen LogP contribution in [0, 0.1) is 12.8 Å². The molecule has 4 nitrogen and oxygen atoms in total. The molecule has 1 aliphatic heterocycles. The van der Waals surface area contributed by atoms with Crippen LogP contribution in [0.5, 0.6) is 0 Å². The number of aliphatic hydroxyl groups is 1. The van der Waals surface area contributed by atoms with Crippen LogP contribution in [0.15, 0.2) is 48.5 Å². The number of para-hydroxylation sites is 1. The Kier molecular flexibility index (Phi) is 3.55. The number of carbonyl (C=O) groups is 2. The zero-order chi connectivity index (χ0) is 17.8. The molecule has 25 heavy (non-hydrogen) atoms. The first-order valence-electron chi connectivity index (χ1n) is 8.61. The Bertz CT molecular complexity index is 861. The summed E-state index contributed by atoms with van der Waals surface area (Å²) in [6.45, 7) is 3.91. The van der Waals surface area contributed by atoms with Gasteiger partial charge in [-0.15, -0.1) is 0 Å². The van der Waals surface area contributed by atoms with Gasteiger partial charge in [0.2, 0.25) is 11.8 Å². The van der Waals surface area contributed by atoms with Crippen molar-refractivity contribution in [2.45, 2.75) is 31.6 Å². The second-order valence-corrected chi connectivity index (χ2v) is 7.45. The summed E-state index contributed by atoms with van der Waals surface area (Å²) in [4.78, 5) is 27.6. The van der Waals surface area contributed by atoms with Crippen molar-refractivity contribution in [3.8, 4) is 0 Å². The Morgan fingerprint density at radius 2 is 1.84 bits per heavy atom. The lowest BCUT2D eigenvalue weighted by Gasteiger charge is -2.39. The van der Waals surface area contributed by atoms with E-state index in [1.54, 1.807) is 12.1 Å². The molecule has 1 saturated heterocycles. The Morgan fingerprint density at radius 1 is 1.12 bits per heavy atom. The van der Waals surface area contributed by atoms with Crippen molar-refractivity contribution in [3.05, 3.63) is 65.2 Å². The number of fused-ring (bicyclic) bond motifs is 3. The highest BCUT2D eigenvalue weighted by atomic mass is 16.3. The average molecular weight is 335 g/mol.